The van der Waals surface area contributed by atoms with Gasteiger partial charge in [-0.05, 0) is 6.92 Å². The van der Waals surface area contributed by atoms with Crippen molar-refractivity contribution in [1.82, 2.24) is 4.98 Å². The number of oxazole rings is 1. The highest BCUT2D eigenvalue weighted by Crippen LogP contribution is 2.18. The van der Waals surface area contributed by atoms with Crippen molar-refractivity contribution in [3.8, 4) is 0 Å². The third-order valence-corrected chi connectivity index (χ3v) is 2.31. The monoisotopic (exact) mass is 198 g/mol. The minimum atomic E-state index is -0.0811. The van der Waals surface area contributed by atoms with Crippen LogP contribution in [0.25, 0.3) is 0 Å². The Kier molecular flexibility index (Phi) is 2.69. The Morgan fingerprint density at radius 2 is 2.57 bits per heavy atom. The zero-order valence-electron chi connectivity index (χ0n) is 8.14. The topological polar surface area (TPSA) is 58.7 Å². The van der Waals surface area contributed by atoms with Gasteiger partial charge in [0.25, 0.3) is 6.01 Å². The summed E-state index contributed by atoms with van der Waals surface area (Å²) in [6, 6.07) is 0.846. The summed E-state index contributed by atoms with van der Waals surface area (Å²) in [5.41, 5.74) is 0.568. The maximum Gasteiger partial charge on any atom is 0.297 e. The second kappa shape index (κ2) is 3.98. The minimum Gasteiger partial charge on any atom is -0.432 e. The van der Waals surface area contributed by atoms with E-state index in [0.29, 0.717) is 24.9 Å². The third-order valence-electron chi connectivity index (χ3n) is 2.31. The molecule has 1 aliphatic rings. The second-order valence-electron chi connectivity index (χ2n) is 3.40. The fourth-order valence-corrected chi connectivity index (χ4v) is 1.51. The van der Waals surface area contributed by atoms with E-state index in [1.54, 1.807) is 0 Å². The van der Waals surface area contributed by atoms with Crippen LogP contribution in [0.5, 0.6) is 0 Å². The van der Waals surface area contributed by atoms with E-state index in [2.05, 4.69) is 11.9 Å². The first kappa shape index (κ1) is 9.48. The van der Waals surface area contributed by atoms with E-state index in [9.17, 15) is 0 Å². The summed E-state index contributed by atoms with van der Waals surface area (Å²) < 4.78 is 10.6. The predicted molar refractivity (Wildman–Crippen MR) is 50.1 cm³/mol. The number of aliphatic hydroxyl groups excluding tert-OH is 1. The summed E-state index contributed by atoms with van der Waals surface area (Å²) in [5.74, 6) is 0. The van der Waals surface area contributed by atoms with Crippen LogP contribution in [0, 0.1) is 0 Å². The minimum absolute atomic E-state index is 0.0811. The average Bonchev–Trinajstić information content (AvgIpc) is 2.67. The highest BCUT2D eigenvalue weighted by molar-refractivity contribution is 5.29. The number of nitrogens with zero attached hydrogens (tertiary/aromatic N) is 2. The van der Waals surface area contributed by atoms with E-state index in [1.807, 2.05) is 4.90 Å². The SMILES string of the molecule is CC1COCCN1c1nc(CO)co1. The van der Waals surface area contributed by atoms with Gasteiger partial charge >= 0.3 is 0 Å². The molecule has 14 heavy (non-hydrogen) atoms. The zero-order chi connectivity index (χ0) is 9.97. The molecule has 2 rings (SSSR count). The molecule has 78 valence electrons. The summed E-state index contributed by atoms with van der Waals surface area (Å²) in [6.45, 7) is 4.15. The van der Waals surface area contributed by atoms with Crippen molar-refractivity contribution >= 4 is 6.01 Å². The van der Waals surface area contributed by atoms with Gasteiger partial charge in [0.15, 0.2) is 0 Å². The van der Waals surface area contributed by atoms with Gasteiger partial charge in [-0.2, -0.15) is 4.98 Å². The highest BCUT2D eigenvalue weighted by atomic mass is 16.5. The summed E-state index contributed by atoms with van der Waals surface area (Å²) >= 11 is 0. The molecule has 1 saturated heterocycles. The highest BCUT2D eigenvalue weighted by Gasteiger charge is 2.22. The molecule has 1 N–H and O–H groups in total. The smallest absolute Gasteiger partial charge is 0.297 e. The van der Waals surface area contributed by atoms with Gasteiger partial charge in [0.05, 0.1) is 25.9 Å². The average molecular weight is 198 g/mol. The molecule has 5 nitrogen and oxygen atoms in total. The van der Waals surface area contributed by atoms with Crippen LogP contribution in [0.4, 0.5) is 6.01 Å². The largest absolute Gasteiger partial charge is 0.432 e. The zero-order valence-corrected chi connectivity index (χ0v) is 8.14. The van der Waals surface area contributed by atoms with Crippen LogP contribution in [0.3, 0.4) is 0 Å². The van der Waals surface area contributed by atoms with Gasteiger partial charge in [-0.3, -0.25) is 0 Å². The lowest BCUT2D eigenvalue weighted by atomic mass is 10.3. The van der Waals surface area contributed by atoms with Crippen molar-refractivity contribution in [2.75, 3.05) is 24.7 Å². The van der Waals surface area contributed by atoms with E-state index in [-0.39, 0.29) is 12.6 Å². The molecule has 1 atom stereocenters. The van der Waals surface area contributed by atoms with Gasteiger partial charge in [0.1, 0.15) is 12.0 Å². The summed E-state index contributed by atoms with van der Waals surface area (Å²) in [5, 5.41) is 8.85. The molecule has 0 saturated carbocycles. The molecule has 0 aromatic carbocycles. The molecule has 1 aromatic rings. The lowest BCUT2D eigenvalue weighted by Crippen LogP contribution is -2.43. The molecular weight excluding hydrogens is 184 g/mol. The van der Waals surface area contributed by atoms with Crippen LogP contribution in [-0.2, 0) is 11.3 Å². The van der Waals surface area contributed by atoms with Gasteiger partial charge in [-0.25, -0.2) is 0 Å². The Hall–Kier alpha value is -1.07. The van der Waals surface area contributed by atoms with Crippen molar-refractivity contribution in [2.24, 2.45) is 0 Å². The number of ether oxygens (including phenoxy) is 1. The van der Waals surface area contributed by atoms with Gasteiger partial charge in [-0.1, -0.05) is 0 Å². The van der Waals surface area contributed by atoms with Crippen LogP contribution in [0.15, 0.2) is 10.7 Å². The van der Waals surface area contributed by atoms with Crippen molar-refractivity contribution in [3.63, 3.8) is 0 Å². The molecular formula is C9H14N2O3. The van der Waals surface area contributed by atoms with Crippen LogP contribution in [0.1, 0.15) is 12.6 Å². The number of aliphatic hydroxyl groups is 1. The first-order valence-electron chi connectivity index (χ1n) is 4.71. The van der Waals surface area contributed by atoms with E-state index < -0.39 is 0 Å². The van der Waals surface area contributed by atoms with E-state index in [0.717, 1.165) is 6.54 Å². The molecule has 1 aromatic heterocycles. The molecule has 0 bridgehead atoms. The number of anilines is 1. The first-order valence-corrected chi connectivity index (χ1v) is 4.71. The summed E-state index contributed by atoms with van der Waals surface area (Å²) in [6.07, 6.45) is 1.48. The van der Waals surface area contributed by atoms with E-state index >= 15 is 0 Å². The maximum absolute atomic E-state index is 8.85. The normalized spacial score (nSPS) is 22.7. The fourth-order valence-electron chi connectivity index (χ4n) is 1.51. The first-order chi connectivity index (χ1) is 6.81. The number of hydrogen-bond acceptors (Lipinski definition) is 5. The van der Waals surface area contributed by atoms with Crippen LogP contribution < -0.4 is 4.90 Å². The molecule has 5 heteroatoms. The van der Waals surface area contributed by atoms with E-state index in [1.165, 1.54) is 6.26 Å². The Bertz CT molecular complexity index is 300. The number of hydrogen-bond donors (Lipinski definition) is 1. The van der Waals surface area contributed by atoms with Crippen LogP contribution in [0.2, 0.25) is 0 Å². The number of rotatable bonds is 2. The molecule has 0 radical (unpaired) electrons. The second-order valence-corrected chi connectivity index (χ2v) is 3.40. The lowest BCUT2D eigenvalue weighted by Gasteiger charge is -2.31. The van der Waals surface area contributed by atoms with Gasteiger partial charge in [-0.15, -0.1) is 0 Å². The molecule has 0 spiro atoms. The molecule has 1 aliphatic heterocycles. The molecule has 0 aliphatic carbocycles. The molecule has 1 unspecified atom stereocenters. The molecule has 2 heterocycles. The predicted octanol–water partition coefficient (Wildman–Crippen LogP) is 0.392. The maximum atomic E-state index is 8.85. The Morgan fingerprint density at radius 3 is 3.21 bits per heavy atom. The number of aromatic nitrogens is 1. The molecule has 0 amide bonds. The van der Waals surface area contributed by atoms with Gasteiger partial charge in [0, 0.05) is 6.54 Å². The summed E-state index contributed by atoms with van der Waals surface area (Å²) in [7, 11) is 0. The van der Waals surface area contributed by atoms with Gasteiger partial charge in [0.2, 0.25) is 0 Å². The van der Waals surface area contributed by atoms with Crippen molar-refractivity contribution < 1.29 is 14.3 Å². The van der Waals surface area contributed by atoms with Crippen molar-refractivity contribution in [2.45, 2.75) is 19.6 Å². The fraction of sp³-hybridized carbons (Fsp3) is 0.667. The quantitative estimate of drug-likeness (QED) is 0.745. The van der Waals surface area contributed by atoms with Crippen molar-refractivity contribution in [3.05, 3.63) is 12.0 Å². The Labute approximate surface area is 82.3 Å². The van der Waals surface area contributed by atoms with Gasteiger partial charge < -0.3 is 19.2 Å². The van der Waals surface area contributed by atoms with Crippen LogP contribution >= 0.6 is 0 Å². The Balaban J connectivity index is 2.12. The Morgan fingerprint density at radius 1 is 1.71 bits per heavy atom. The third kappa shape index (κ3) is 1.73. The van der Waals surface area contributed by atoms with Crippen molar-refractivity contribution in [1.29, 1.82) is 0 Å². The summed E-state index contributed by atoms with van der Waals surface area (Å²) in [4.78, 5) is 6.20. The van der Waals surface area contributed by atoms with Crippen LogP contribution in [-0.4, -0.2) is 35.9 Å². The standard InChI is InChI=1S/C9H14N2O3/c1-7-5-13-3-2-11(7)9-10-8(4-12)6-14-9/h6-7,12H,2-5H2,1H3. The molecule has 1 fully saturated rings. The van der Waals surface area contributed by atoms with E-state index in [4.69, 9.17) is 14.3 Å². The lowest BCUT2D eigenvalue weighted by molar-refractivity contribution is 0.0961. The number of morpholine rings is 1.